The van der Waals surface area contributed by atoms with Crippen molar-refractivity contribution in [1.82, 2.24) is 9.80 Å². The normalized spacial score (nSPS) is 26.8. The van der Waals surface area contributed by atoms with Gasteiger partial charge in [0.15, 0.2) is 9.84 Å². The summed E-state index contributed by atoms with van der Waals surface area (Å²) in [5.74, 6) is 0.860. The Kier molecular flexibility index (Phi) is 5.42. The van der Waals surface area contributed by atoms with Gasteiger partial charge in [-0.3, -0.25) is 9.69 Å². The van der Waals surface area contributed by atoms with Crippen LogP contribution >= 0.6 is 0 Å². The first-order valence-corrected chi connectivity index (χ1v) is 10.8. The van der Waals surface area contributed by atoms with Gasteiger partial charge in [-0.2, -0.15) is 0 Å². The third-order valence-corrected chi connectivity index (χ3v) is 7.09. The number of allylic oxidation sites excluding steroid dienone is 1. The molecule has 6 heteroatoms. The molecule has 2 fully saturated rings. The Hall–Kier alpha value is -0.880. The molecule has 0 aromatic carbocycles. The number of amides is 1. The lowest BCUT2D eigenvalue weighted by Crippen LogP contribution is -2.51. The predicted molar refractivity (Wildman–Crippen MR) is 91.0 cm³/mol. The number of carbonyl (C=O) groups excluding carboxylic acids is 1. The van der Waals surface area contributed by atoms with Crippen molar-refractivity contribution in [2.24, 2.45) is 0 Å². The van der Waals surface area contributed by atoms with Gasteiger partial charge in [-0.25, -0.2) is 8.42 Å². The quantitative estimate of drug-likeness (QED) is 0.732. The summed E-state index contributed by atoms with van der Waals surface area (Å²) >= 11 is 0. The van der Waals surface area contributed by atoms with E-state index in [0.29, 0.717) is 37.1 Å². The smallest absolute Gasteiger partial charge is 0.226 e. The van der Waals surface area contributed by atoms with E-state index in [1.54, 1.807) is 0 Å². The Morgan fingerprint density at radius 2 is 1.78 bits per heavy atom. The molecular formula is C17H28N2O3S. The van der Waals surface area contributed by atoms with Crippen LogP contribution in [-0.2, 0) is 14.6 Å². The number of likely N-dealkylation sites (tertiary alicyclic amines) is 1. The Balaban J connectivity index is 1.45. The third kappa shape index (κ3) is 4.57. The zero-order chi connectivity index (χ0) is 16.3. The summed E-state index contributed by atoms with van der Waals surface area (Å²) in [6, 6.07) is 0.448. The molecule has 0 N–H and O–H groups in total. The number of rotatable bonds is 3. The van der Waals surface area contributed by atoms with E-state index in [1.807, 2.05) is 4.90 Å². The molecule has 0 radical (unpaired) electrons. The van der Waals surface area contributed by atoms with Crippen LogP contribution in [0.4, 0.5) is 0 Å². The Labute approximate surface area is 139 Å². The number of piperidine rings is 1. The number of hydrogen-bond acceptors (Lipinski definition) is 4. The van der Waals surface area contributed by atoms with Crippen molar-refractivity contribution in [3.63, 3.8) is 0 Å². The largest absolute Gasteiger partial charge is 0.342 e. The molecule has 2 heterocycles. The minimum absolute atomic E-state index is 0.276. The molecule has 0 aromatic rings. The summed E-state index contributed by atoms with van der Waals surface area (Å²) in [7, 11) is -2.81. The van der Waals surface area contributed by atoms with Gasteiger partial charge in [0.2, 0.25) is 5.91 Å². The molecule has 1 amide bonds. The van der Waals surface area contributed by atoms with Gasteiger partial charge in [0.05, 0.1) is 11.5 Å². The highest BCUT2D eigenvalue weighted by atomic mass is 32.2. The average molecular weight is 340 g/mol. The maximum Gasteiger partial charge on any atom is 0.226 e. The first-order chi connectivity index (χ1) is 11.0. The van der Waals surface area contributed by atoms with E-state index in [0.717, 1.165) is 38.8 Å². The van der Waals surface area contributed by atoms with Crippen LogP contribution in [0.15, 0.2) is 11.6 Å². The second-order valence-corrected chi connectivity index (χ2v) is 9.39. The van der Waals surface area contributed by atoms with Gasteiger partial charge in [-0.05, 0) is 38.5 Å². The van der Waals surface area contributed by atoms with Gasteiger partial charge in [-0.1, -0.05) is 11.6 Å². The summed E-state index contributed by atoms with van der Waals surface area (Å²) in [6.07, 6.45) is 9.51. The summed E-state index contributed by atoms with van der Waals surface area (Å²) in [4.78, 5) is 16.7. The first kappa shape index (κ1) is 17.0. The molecule has 2 aliphatic heterocycles. The van der Waals surface area contributed by atoms with Crippen LogP contribution in [0.1, 0.15) is 44.9 Å². The van der Waals surface area contributed by atoms with Crippen molar-refractivity contribution in [2.45, 2.75) is 51.0 Å². The van der Waals surface area contributed by atoms with Crippen molar-refractivity contribution < 1.29 is 13.2 Å². The van der Waals surface area contributed by atoms with Crippen LogP contribution in [0.5, 0.6) is 0 Å². The highest BCUT2D eigenvalue weighted by Crippen LogP contribution is 2.23. The molecule has 3 rings (SSSR count). The number of nitrogens with zero attached hydrogens (tertiary/aromatic N) is 2. The molecule has 23 heavy (non-hydrogen) atoms. The highest BCUT2D eigenvalue weighted by Gasteiger charge is 2.30. The highest BCUT2D eigenvalue weighted by molar-refractivity contribution is 7.91. The molecule has 0 unspecified atom stereocenters. The van der Waals surface area contributed by atoms with Gasteiger partial charge in [0, 0.05) is 38.6 Å². The molecule has 0 bridgehead atoms. The molecule has 0 aromatic heterocycles. The Bertz CT molecular complexity index is 548. The maximum absolute atomic E-state index is 12.4. The standard InChI is InChI=1S/C17H28N2O3S/c20-17(14-15-4-2-1-3-5-15)19-8-6-16(7-9-19)18-10-12-23(21,22)13-11-18/h4,16H,1-3,5-14H2. The Morgan fingerprint density at radius 1 is 1.09 bits per heavy atom. The lowest BCUT2D eigenvalue weighted by molar-refractivity contribution is -0.132. The minimum Gasteiger partial charge on any atom is -0.342 e. The van der Waals surface area contributed by atoms with E-state index >= 15 is 0 Å². The van der Waals surface area contributed by atoms with Crippen LogP contribution in [0.3, 0.4) is 0 Å². The van der Waals surface area contributed by atoms with Crippen molar-refractivity contribution in [3.8, 4) is 0 Å². The second kappa shape index (κ2) is 7.34. The zero-order valence-corrected chi connectivity index (χ0v) is 14.7. The van der Waals surface area contributed by atoms with Crippen LogP contribution in [0.2, 0.25) is 0 Å². The topological polar surface area (TPSA) is 57.7 Å². The molecule has 0 atom stereocenters. The van der Waals surface area contributed by atoms with E-state index in [-0.39, 0.29) is 5.91 Å². The fourth-order valence-corrected chi connectivity index (χ4v) is 5.17. The Morgan fingerprint density at radius 3 is 2.39 bits per heavy atom. The fourth-order valence-electron chi connectivity index (χ4n) is 3.94. The maximum atomic E-state index is 12.4. The number of carbonyl (C=O) groups is 1. The SMILES string of the molecule is O=C(CC1=CCCCC1)N1CCC(N2CCS(=O)(=O)CC2)CC1. The monoisotopic (exact) mass is 340 g/mol. The van der Waals surface area contributed by atoms with Gasteiger partial charge >= 0.3 is 0 Å². The molecule has 3 aliphatic rings. The molecule has 130 valence electrons. The fraction of sp³-hybridized carbons (Fsp3) is 0.824. The summed E-state index contributed by atoms with van der Waals surface area (Å²) in [5, 5.41) is 0. The average Bonchev–Trinajstić information content (AvgIpc) is 2.56. The lowest BCUT2D eigenvalue weighted by Gasteiger charge is -2.40. The zero-order valence-electron chi connectivity index (χ0n) is 13.9. The molecular weight excluding hydrogens is 312 g/mol. The summed E-state index contributed by atoms with van der Waals surface area (Å²) in [5.41, 5.74) is 1.32. The van der Waals surface area contributed by atoms with Crippen molar-refractivity contribution in [3.05, 3.63) is 11.6 Å². The van der Waals surface area contributed by atoms with Crippen LogP contribution in [0, 0.1) is 0 Å². The second-order valence-electron chi connectivity index (χ2n) is 7.08. The van der Waals surface area contributed by atoms with Gasteiger partial charge in [0.1, 0.15) is 0 Å². The predicted octanol–water partition coefficient (Wildman–Crippen LogP) is 1.60. The molecule has 1 aliphatic carbocycles. The third-order valence-electron chi connectivity index (χ3n) is 5.48. The minimum atomic E-state index is -2.81. The van der Waals surface area contributed by atoms with E-state index in [1.165, 1.54) is 18.4 Å². The van der Waals surface area contributed by atoms with Crippen molar-refractivity contribution in [2.75, 3.05) is 37.7 Å². The summed E-state index contributed by atoms with van der Waals surface area (Å²) in [6.45, 7) is 2.96. The van der Waals surface area contributed by atoms with Crippen LogP contribution < -0.4 is 0 Å². The van der Waals surface area contributed by atoms with Gasteiger partial charge in [0.25, 0.3) is 0 Å². The number of sulfone groups is 1. The lowest BCUT2D eigenvalue weighted by atomic mass is 9.96. The molecule has 5 nitrogen and oxygen atoms in total. The van der Waals surface area contributed by atoms with Crippen LogP contribution in [-0.4, -0.2) is 67.9 Å². The van der Waals surface area contributed by atoms with Crippen LogP contribution in [0.25, 0.3) is 0 Å². The van der Waals surface area contributed by atoms with Crippen molar-refractivity contribution >= 4 is 15.7 Å². The van der Waals surface area contributed by atoms with E-state index in [2.05, 4.69) is 11.0 Å². The van der Waals surface area contributed by atoms with E-state index in [9.17, 15) is 13.2 Å². The number of hydrogen-bond donors (Lipinski definition) is 0. The first-order valence-electron chi connectivity index (χ1n) is 8.94. The molecule has 2 saturated heterocycles. The van der Waals surface area contributed by atoms with Crippen molar-refractivity contribution in [1.29, 1.82) is 0 Å². The van der Waals surface area contributed by atoms with E-state index < -0.39 is 9.84 Å². The van der Waals surface area contributed by atoms with E-state index in [4.69, 9.17) is 0 Å². The summed E-state index contributed by atoms with van der Waals surface area (Å²) < 4.78 is 23.0. The molecule has 0 spiro atoms. The molecule has 0 saturated carbocycles. The van der Waals surface area contributed by atoms with Gasteiger partial charge in [-0.15, -0.1) is 0 Å². The van der Waals surface area contributed by atoms with Gasteiger partial charge < -0.3 is 4.90 Å².